The minimum absolute atomic E-state index is 0.103. The molecule has 1 aliphatic rings. The highest BCUT2D eigenvalue weighted by atomic mass is 16.5. The maximum atomic E-state index is 12.8. The fourth-order valence-corrected chi connectivity index (χ4v) is 4.13. The average molecular weight is 467 g/mol. The van der Waals surface area contributed by atoms with Gasteiger partial charge in [0, 0.05) is 13.0 Å². The molecule has 3 N–H and O–H groups in total. The zero-order chi connectivity index (χ0) is 24.7. The van der Waals surface area contributed by atoms with Crippen molar-refractivity contribution in [2.45, 2.75) is 37.3 Å². The Morgan fingerprint density at radius 3 is 2.24 bits per heavy atom. The molecule has 2 atom stereocenters. The van der Waals surface area contributed by atoms with E-state index >= 15 is 0 Å². The first-order valence-electron chi connectivity index (χ1n) is 11.1. The lowest BCUT2D eigenvalue weighted by atomic mass is 9.98. The van der Waals surface area contributed by atoms with Crippen LogP contribution >= 0.6 is 0 Å². The summed E-state index contributed by atoms with van der Waals surface area (Å²) in [6.07, 6.45) is 1.54. The highest BCUT2D eigenvalue weighted by molar-refractivity contribution is 5.91. The van der Waals surface area contributed by atoms with Crippen molar-refractivity contribution in [1.29, 1.82) is 0 Å². The molecule has 2 amide bonds. The lowest BCUT2D eigenvalue weighted by Crippen LogP contribution is -2.60. The van der Waals surface area contributed by atoms with Crippen molar-refractivity contribution in [1.82, 2.24) is 10.6 Å². The summed E-state index contributed by atoms with van der Waals surface area (Å²) in [5, 5.41) is 14.5. The standard InChI is InChI=1S/C26H30N2O6/c1-4-5-14-22(23(29)28-26(2,16-33-3)24(30)31)27-25(32)34-15-21-19-12-8-6-10-17(19)18-11-7-9-13-20(18)21/h4,6-13,21-22H,1,5,14-16H2,2-3H3,(H,27,32)(H,28,29)(H,30,31). The number of fused-ring (bicyclic) bond motifs is 3. The number of alkyl carbamates (subject to hydrolysis) is 1. The number of ether oxygens (including phenoxy) is 2. The van der Waals surface area contributed by atoms with E-state index in [9.17, 15) is 19.5 Å². The second kappa shape index (κ2) is 11.0. The lowest BCUT2D eigenvalue weighted by molar-refractivity contribution is -0.149. The minimum atomic E-state index is -1.64. The third-order valence-corrected chi connectivity index (χ3v) is 5.92. The maximum Gasteiger partial charge on any atom is 0.407 e. The van der Waals surface area contributed by atoms with E-state index in [-0.39, 0.29) is 25.6 Å². The molecular formula is C26H30N2O6. The Morgan fingerprint density at radius 2 is 1.71 bits per heavy atom. The van der Waals surface area contributed by atoms with Gasteiger partial charge in [-0.25, -0.2) is 9.59 Å². The fourth-order valence-electron chi connectivity index (χ4n) is 4.13. The second-order valence-corrected chi connectivity index (χ2v) is 8.45. The minimum Gasteiger partial charge on any atom is -0.479 e. The number of aliphatic carboxylic acids is 1. The molecule has 8 heteroatoms. The molecular weight excluding hydrogens is 436 g/mol. The zero-order valence-corrected chi connectivity index (χ0v) is 19.4. The molecule has 0 fully saturated rings. The van der Waals surface area contributed by atoms with Crippen molar-refractivity contribution in [2.75, 3.05) is 20.3 Å². The van der Waals surface area contributed by atoms with Gasteiger partial charge >= 0.3 is 12.1 Å². The number of benzene rings is 2. The highest BCUT2D eigenvalue weighted by Crippen LogP contribution is 2.44. The molecule has 3 rings (SSSR count). The van der Waals surface area contributed by atoms with Crippen LogP contribution in [0.3, 0.4) is 0 Å². The van der Waals surface area contributed by atoms with E-state index in [2.05, 4.69) is 17.2 Å². The van der Waals surface area contributed by atoms with Crippen LogP contribution in [0.1, 0.15) is 36.8 Å². The summed E-state index contributed by atoms with van der Waals surface area (Å²) < 4.78 is 10.5. The summed E-state index contributed by atoms with van der Waals surface area (Å²) in [6.45, 7) is 4.86. The molecule has 0 aliphatic heterocycles. The van der Waals surface area contributed by atoms with Gasteiger partial charge in [-0.1, -0.05) is 54.6 Å². The van der Waals surface area contributed by atoms with Crippen LogP contribution in [0.15, 0.2) is 61.2 Å². The number of carboxylic acids is 1. The number of carboxylic acid groups (broad SMARTS) is 1. The quantitative estimate of drug-likeness (QED) is 0.437. The molecule has 2 unspecified atom stereocenters. The van der Waals surface area contributed by atoms with Crippen molar-refractivity contribution in [2.24, 2.45) is 0 Å². The number of hydrogen-bond acceptors (Lipinski definition) is 5. The summed E-state index contributed by atoms with van der Waals surface area (Å²) in [5.74, 6) is -2.00. The number of carbonyl (C=O) groups is 3. The van der Waals surface area contributed by atoms with Crippen molar-refractivity contribution < 1.29 is 29.0 Å². The van der Waals surface area contributed by atoms with E-state index in [0.717, 1.165) is 22.3 Å². The van der Waals surface area contributed by atoms with Gasteiger partial charge in [-0.15, -0.1) is 6.58 Å². The number of methoxy groups -OCH3 is 1. The predicted molar refractivity (Wildman–Crippen MR) is 127 cm³/mol. The maximum absolute atomic E-state index is 12.8. The van der Waals surface area contributed by atoms with E-state index in [1.807, 2.05) is 48.5 Å². The average Bonchev–Trinajstić information content (AvgIpc) is 3.14. The summed E-state index contributed by atoms with van der Waals surface area (Å²) in [7, 11) is 1.34. The largest absolute Gasteiger partial charge is 0.479 e. The van der Waals surface area contributed by atoms with Gasteiger partial charge in [0.15, 0.2) is 5.54 Å². The topological polar surface area (TPSA) is 114 Å². The van der Waals surface area contributed by atoms with Crippen molar-refractivity contribution >= 4 is 18.0 Å². The number of carbonyl (C=O) groups excluding carboxylic acids is 2. The van der Waals surface area contributed by atoms with Crippen LogP contribution < -0.4 is 10.6 Å². The lowest BCUT2D eigenvalue weighted by Gasteiger charge is -2.28. The first-order valence-corrected chi connectivity index (χ1v) is 11.1. The Balaban J connectivity index is 1.68. The van der Waals surface area contributed by atoms with Gasteiger partial charge in [-0.05, 0) is 42.0 Å². The smallest absolute Gasteiger partial charge is 0.407 e. The van der Waals surface area contributed by atoms with E-state index in [4.69, 9.17) is 9.47 Å². The molecule has 1 aliphatic carbocycles. The first-order chi connectivity index (χ1) is 16.3. The van der Waals surface area contributed by atoms with Crippen LogP contribution in [0, 0.1) is 0 Å². The van der Waals surface area contributed by atoms with Crippen LogP contribution in [0.25, 0.3) is 11.1 Å². The number of hydrogen-bond donors (Lipinski definition) is 3. The first kappa shape index (κ1) is 25.0. The number of amides is 2. The van der Waals surface area contributed by atoms with Gasteiger partial charge in [0.05, 0.1) is 6.61 Å². The van der Waals surface area contributed by atoms with Crippen LogP contribution in [-0.4, -0.2) is 55.0 Å². The Bertz CT molecular complexity index is 1020. The molecule has 0 spiro atoms. The Morgan fingerprint density at radius 1 is 1.12 bits per heavy atom. The van der Waals surface area contributed by atoms with E-state index < -0.39 is 29.6 Å². The molecule has 34 heavy (non-hydrogen) atoms. The fraction of sp³-hybridized carbons (Fsp3) is 0.346. The van der Waals surface area contributed by atoms with Crippen LogP contribution in [-0.2, 0) is 19.1 Å². The van der Waals surface area contributed by atoms with Crippen molar-refractivity contribution in [3.8, 4) is 11.1 Å². The van der Waals surface area contributed by atoms with E-state index in [1.165, 1.54) is 14.0 Å². The number of nitrogens with one attached hydrogen (secondary N) is 2. The molecule has 8 nitrogen and oxygen atoms in total. The van der Waals surface area contributed by atoms with Gasteiger partial charge in [-0.3, -0.25) is 4.79 Å². The Labute approximate surface area is 199 Å². The SMILES string of the molecule is C=CCCC(NC(=O)OCC1c2ccccc2-c2ccccc21)C(=O)NC(C)(COC)C(=O)O. The third kappa shape index (κ3) is 5.46. The van der Waals surface area contributed by atoms with Crippen molar-refractivity contribution in [3.05, 3.63) is 72.3 Å². The normalized spacial score (nSPS) is 14.8. The van der Waals surface area contributed by atoms with Gasteiger partial charge in [0.1, 0.15) is 12.6 Å². The molecule has 0 radical (unpaired) electrons. The van der Waals surface area contributed by atoms with Crippen LogP contribution in [0.2, 0.25) is 0 Å². The second-order valence-electron chi connectivity index (χ2n) is 8.45. The monoisotopic (exact) mass is 466 g/mol. The summed E-state index contributed by atoms with van der Waals surface area (Å²) >= 11 is 0. The number of allylic oxidation sites excluding steroid dienone is 1. The molecule has 2 aromatic carbocycles. The molecule has 0 bridgehead atoms. The summed E-state index contributed by atoms with van der Waals surface area (Å²) in [6, 6.07) is 15.0. The van der Waals surface area contributed by atoms with Gasteiger partial charge in [-0.2, -0.15) is 0 Å². The molecule has 2 aromatic rings. The highest BCUT2D eigenvalue weighted by Gasteiger charge is 2.37. The zero-order valence-electron chi connectivity index (χ0n) is 19.4. The predicted octanol–water partition coefficient (Wildman–Crippen LogP) is 3.47. The van der Waals surface area contributed by atoms with Gasteiger partial charge < -0.3 is 25.2 Å². The molecule has 0 heterocycles. The molecule has 180 valence electrons. The summed E-state index contributed by atoms with van der Waals surface area (Å²) in [5.41, 5.74) is 2.74. The van der Waals surface area contributed by atoms with Gasteiger partial charge in [0.25, 0.3) is 0 Å². The number of rotatable bonds is 11. The van der Waals surface area contributed by atoms with Gasteiger partial charge in [0.2, 0.25) is 5.91 Å². The summed E-state index contributed by atoms with van der Waals surface area (Å²) in [4.78, 5) is 37.1. The third-order valence-electron chi connectivity index (χ3n) is 5.92. The van der Waals surface area contributed by atoms with E-state index in [1.54, 1.807) is 6.08 Å². The molecule has 0 saturated heterocycles. The van der Waals surface area contributed by atoms with Crippen LogP contribution in [0.4, 0.5) is 4.79 Å². The van der Waals surface area contributed by atoms with Crippen molar-refractivity contribution in [3.63, 3.8) is 0 Å². The van der Waals surface area contributed by atoms with E-state index in [0.29, 0.717) is 6.42 Å². The molecule has 0 saturated carbocycles. The molecule has 0 aromatic heterocycles. The van der Waals surface area contributed by atoms with Crippen LogP contribution in [0.5, 0.6) is 0 Å². The Hall–Kier alpha value is -3.65. The Kier molecular flexibility index (Phi) is 8.07.